The van der Waals surface area contributed by atoms with E-state index in [0.717, 1.165) is 24.9 Å². The highest BCUT2D eigenvalue weighted by atomic mass is 16.2. The third kappa shape index (κ3) is 6.71. The van der Waals surface area contributed by atoms with Crippen LogP contribution in [0.15, 0.2) is 48.5 Å². The van der Waals surface area contributed by atoms with Gasteiger partial charge < -0.3 is 26.2 Å². The summed E-state index contributed by atoms with van der Waals surface area (Å²) >= 11 is 0. The van der Waals surface area contributed by atoms with Crippen LogP contribution in [0.4, 0.5) is 26.7 Å². The fourth-order valence-corrected chi connectivity index (χ4v) is 3.86. The Hall–Kier alpha value is -3.55. The monoisotopic (exact) mass is 449 g/mol. The van der Waals surface area contributed by atoms with Crippen molar-refractivity contribution in [2.24, 2.45) is 11.8 Å². The molecule has 2 fully saturated rings. The number of nitrogens with one attached hydrogen (secondary N) is 4. The van der Waals surface area contributed by atoms with Gasteiger partial charge in [0, 0.05) is 36.7 Å². The molecule has 0 radical (unpaired) electrons. The number of anilines is 3. The number of rotatable bonds is 6. The number of hydrogen-bond donors (Lipinski definition) is 4. The first-order valence-corrected chi connectivity index (χ1v) is 11.5. The summed E-state index contributed by atoms with van der Waals surface area (Å²) in [7, 11) is 0. The van der Waals surface area contributed by atoms with Crippen LogP contribution in [0.5, 0.6) is 0 Å². The molecular formula is C25H31N5O3. The van der Waals surface area contributed by atoms with Crippen LogP contribution in [0.2, 0.25) is 0 Å². The first-order chi connectivity index (χ1) is 16.0. The lowest BCUT2D eigenvalue weighted by molar-refractivity contribution is -0.126. The number of amides is 5. The fourth-order valence-electron chi connectivity index (χ4n) is 3.86. The number of urea groups is 2. The predicted octanol–water partition coefficient (Wildman–Crippen LogP) is 4.41. The third-order valence-corrected chi connectivity index (χ3v) is 6.04. The number of carbonyl (C=O) groups excluding carboxylic acids is 3. The molecule has 174 valence electrons. The first kappa shape index (κ1) is 22.6. The Morgan fingerprint density at radius 2 is 1.42 bits per heavy atom. The highest BCUT2D eigenvalue weighted by Crippen LogP contribution is 2.28. The lowest BCUT2D eigenvalue weighted by Gasteiger charge is -2.32. The molecule has 4 rings (SSSR count). The molecule has 2 aromatic rings. The van der Waals surface area contributed by atoms with Gasteiger partial charge in [-0.05, 0) is 74.9 Å². The third-order valence-electron chi connectivity index (χ3n) is 6.04. The average molecular weight is 450 g/mol. The van der Waals surface area contributed by atoms with Crippen LogP contribution in [-0.4, -0.2) is 42.5 Å². The topological polar surface area (TPSA) is 103 Å². The molecule has 1 unspecified atom stereocenters. The fraction of sp³-hybridized carbons (Fsp3) is 0.400. The summed E-state index contributed by atoms with van der Waals surface area (Å²) < 4.78 is 0. The van der Waals surface area contributed by atoms with Gasteiger partial charge in [0.25, 0.3) is 0 Å². The lowest BCUT2D eigenvalue weighted by Crippen LogP contribution is -2.47. The van der Waals surface area contributed by atoms with Crippen LogP contribution in [0.1, 0.15) is 31.2 Å². The summed E-state index contributed by atoms with van der Waals surface area (Å²) in [6.45, 7) is 3.81. The molecule has 0 spiro atoms. The van der Waals surface area contributed by atoms with Crippen molar-refractivity contribution in [1.29, 1.82) is 0 Å². The Morgan fingerprint density at radius 1 is 0.848 bits per heavy atom. The number of nitrogens with zero attached hydrogens (tertiary/aromatic N) is 1. The Morgan fingerprint density at radius 3 is 2.03 bits per heavy atom. The molecule has 5 amide bonds. The number of piperidine rings is 1. The second-order valence-electron chi connectivity index (χ2n) is 8.93. The minimum absolute atomic E-state index is 0.0544. The van der Waals surface area contributed by atoms with Crippen molar-refractivity contribution in [3.05, 3.63) is 54.1 Å². The number of hydrogen-bond acceptors (Lipinski definition) is 3. The molecule has 0 bridgehead atoms. The van der Waals surface area contributed by atoms with E-state index in [1.165, 1.54) is 12.8 Å². The molecule has 1 saturated heterocycles. The Bertz CT molecular complexity index is 986. The predicted molar refractivity (Wildman–Crippen MR) is 129 cm³/mol. The van der Waals surface area contributed by atoms with E-state index < -0.39 is 0 Å². The minimum atomic E-state index is -0.338. The number of likely N-dealkylation sites (tertiary alicyclic amines) is 1. The van der Waals surface area contributed by atoms with Gasteiger partial charge >= 0.3 is 12.1 Å². The molecule has 2 aromatic carbocycles. The van der Waals surface area contributed by atoms with E-state index in [9.17, 15) is 14.4 Å². The average Bonchev–Trinajstić information content (AvgIpc) is 3.65. The zero-order valence-corrected chi connectivity index (χ0v) is 18.9. The molecule has 2 aliphatic rings. The molecule has 0 aromatic heterocycles. The van der Waals surface area contributed by atoms with E-state index in [0.29, 0.717) is 36.1 Å². The maximum Gasteiger partial charge on any atom is 0.323 e. The van der Waals surface area contributed by atoms with Crippen molar-refractivity contribution in [3.63, 3.8) is 0 Å². The molecular weight excluding hydrogens is 418 g/mol. The van der Waals surface area contributed by atoms with Crippen LogP contribution >= 0.6 is 0 Å². The van der Waals surface area contributed by atoms with Crippen molar-refractivity contribution in [2.75, 3.05) is 35.6 Å². The van der Waals surface area contributed by atoms with E-state index in [1.807, 2.05) is 31.2 Å². The number of carbonyl (C=O) groups is 3. The van der Waals surface area contributed by atoms with Crippen molar-refractivity contribution < 1.29 is 14.4 Å². The molecule has 8 heteroatoms. The molecule has 1 aliphatic carbocycles. The second kappa shape index (κ2) is 10.4. The van der Waals surface area contributed by atoms with Gasteiger partial charge in [0.05, 0.1) is 5.92 Å². The minimum Gasteiger partial charge on any atom is -0.356 e. The van der Waals surface area contributed by atoms with Gasteiger partial charge in [-0.15, -0.1) is 0 Å². The summed E-state index contributed by atoms with van der Waals surface area (Å²) in [5.74, 6) is 0.545. The smallest absolute Gasteiger partial charge is 0.323 e. The summed E-state index contributed by atoms with van der Waals surface area (Å²) in [6, 6.07) is 13.9. The largest absolute Gasteiger partial charge is 0.356 e. The summed E-state index contributed by atoms with van der Waals surface area (Å²) in [4.78, 5) is 39.0. The van der Waals surface area contributed by atoms with E-state index in [2.05, 4.69) is 21.3 Å². The van der Waals surface area contributed by atoms with Gasteiger partial charge in [-0.2, -0.15) is 0 Å². The van der Waals surface area contributed by atoms with E-state index >= 15 is 0 Å². The molecule has 4 N–H and O–H groups in total. The van der Waals surface area contributed by atoms with Crippen molar-refractivity contribution in [1.82, 2.24) is 10.2 Å². The van der Waals surface area contributed by atoms with Crippen molar-refractivity contribution >= 4 is 35.0 Å². The first-order valence-electron chi connectivity index (χ1n) is 11.5. The van der Waals surface area contributed by atoms with Crippen LogP contribution < -0.4 is 21.3 Å². The Kier molecular flexibility index (Phi) is 7.12. The molecule has 33 heavy (non-hydrogen) atoms. The van der Waals surface area contributed by atoms with Crippen molar-refractivity contribution in [2.45, 2.75) is 32.6 Å². The van der Waals surface area contributed by atoms with Crippen LogP contribution in [0.3, 0.4) is 0 Å². The standard InChI is InChI=1S/C25H31N5O3/c1-17-4-8-20(9-5-17)27-24(32)28-21-10-12-22(13-11-21)29-25(33)30-14-2-3-19(16-30)23(31)26-15-18-6-7-18/h4-5,8-13,18-19H,2-3,6-7,14-16H2,1H3,(H,26,31)(H,29,33)(H2,27,28,32). The van der Waals surface area contributed by atoms with Gasteiger partial charge in [0.1, 0.15) is 0 Å². The molecule has 1 heterocycles. The zero-order valence-electron chi connectivity index (χ0n) is 18.9. The van der Waals surface area contributed by atoms with Crippen molar-refractivity contribution in [3.8, 4) is 0 Å². The second-order valence-corrected chi connectivity index (χ2v) is 8.93. The van der Waals surface area contributed by atoms with Gasteiger partial charge in [0.15, 0.2) is 0 Å². The Balaban J connectivity index is 1.24. The maximum atomic E-state index is 12.7. The highest BCUT2D eigenvalue weighted by molar-refractivity contribution is 6.00. The quantitative estimate of drug-likeness (QED) is 0.525. The van der Waals surface area contributed by atoms with E-state index in [-0.39, 0.29) is 23.9 Å². The maximum absolute atomic E-state index is 12.7. The van der Waals surface area contributed by atoms with E-state index in [4.69, 9.17) is 0 Å². The van der Waals surface area contributed by atoms with E-state index in [1.54, 1.807) is 29.2 Å². The Labute approximate surface area is 194 Å². The van der Waals surface area contributed by atoms with Crippen LogP contribution in [0, 0.1) is 18.8 Å². The van der Waals surface area contributed by atoms with Gasteiger partial charge in [0.2, 0.25) is 5.91 Å². The number of benzene rings is 2. The van der Waals surface area contributed by atoms with Crippen LogP contribution in [0.25, 0.3) is 0 Å². The van der Waals surface area contributed by atoms with Gasteiger partial charge in [-0.25, -0.2) is 9.59 Å². The summed E-state index contributed by atoms with van der Waals surface area (Å²) in [6.07, 6.45) is 4.02. The molecule has 1 aliphatic heterocycles. The lowest BCUT2D eigenvalue weighted by atomic mass is 9.97. The molecule has 8 nitrogen and oxygen atoms in total. The number of aryl methyl sites for hydroxylation is 1. The van der Waals surface area contributed by atoms with Gasteiger partial charge in [-0.1, -0.05) is 17.7 Å². The molecule has 1 saturated carbocycles. The summed E-state index contributed by atoms with van der Waals surface area (Å²) in [5, 5.41) is 11.5. The highest BCUT2D eigenvalue weighted by Gasteiger charge is 2.30. The summed E-state index contributed by atoms with van der Waals surface area (Å²) in [5.41, 5.74) is 3.08. The molecule has 1 atom stereocenters. The zero-order chi connectivity index (χ0) is 23.2. The SMILES string of the molecule is Cc1ccc(NC(=O)Nc2ccc(NC(=O)N3CCCC(C(=O)NCC4CC4)C3)cc2)cc1. The van der Waals surface area contributed by atoms with Gasteiger partial charge in [-0.3, -0.25) is 4.79 Å². The normalized spacial score (nSPS) is 17.7. The van der Waals surface area contributed by atoms with Crippen LogP contribution in [-0.2, 0) is 4.79 Å².